The van der Waals surface area contributed by atoms with E-state index in [4.69, 9.17) is 4.74 Å². The Kier molecular flexibility index (Phi) is 3.72. The summed E-state index contributed by atoms with van der Waals surface area (Å²) in [6.45, 7) is 6.96. The van der Waals surface area contributed by atoms with Crippen molar-refractivity contribution in [1.29, 1.82) is 0 Å². The number of nitrogens with zero attached hydrogens (tertiary/aromatic N) is 3. The van der Waals surface area contributed by atoms with Crippen molar-refractivity contribution in [3.8, 4) is 0 Å². The molecule has 0 aromatic rings. The zero-order valence-corrected chi connectivity index (χ0v) is 13.4. The minimum Gasteiger partial charge on any atom is -0.378 e. The number of rotatable bonds is 1. The van der Waals surface area contributed by atoms with E-state index in [1.54, 1.807) is 0 Å². The Balaban J connectivity index is 1.40. The first-order valence-electron chi connectivity index (χ1n) is 8.62. The van der Waals surface area contributed by atoms with E-state index in [1.165, 1.54) is 0 Å². The summed E-state index contributed by atoms with van der Waals surface area (Å²) in [6.07, 6.45) is 1.46. The number of piperazine rings is 1. The fourth-order valence-corrected chi connectivity index (χ4v) is 5.09. The summed E-state index contributed by atoms with van der Waals surface area (Å²) in [5.74, 6) is -2.42. The number of ether oxygens (including phenoxy) is 1. The van der Waals surface area contributed by atoms with Crippen LogP contribution < -0.4 is 0 Å². The van der Waals surface area contributed by atoms with Crippen LogP contribution in [0.4, 0.5) is 8.78 Å². The summed E-state index contributed by atoms with van der Waals surface area (Å²) in [7, 11) is 2.19. The second-order valence-corrected chi connectivity index (χ2v) is 7.84. The van der Waals surface area contributed by atoms with Gasteiger partial charge in [-0.3, -0.25) is 9.80 Å². The van der Waals surface area contributed by atoms with Gasteiger partial charge in [-0.05, 0) is 19.9 Å². The molecule has 3 saturated heterocycles. The van der Waals surface area contributed by atoms with Gasteiger partial charge in [0.1, 0.15) is 0 Å². The Bertz CT molecular complexity index is 418. The van der Waals surface area contributed by atoms with E-state index >= 15 is 0 Å². The fraction of sp³-hybridized carbons (Fsp3) is 1.00. The molecule has 4 nitrogen and oxygen atoms in total. The summed E-state index contributed by atoms with van der Waals surface area (Å²) < 4.78 is 32.3. The molecular formula is C16H27F2N3O. The SMILES string of the molecule is CN1C[C@@H]2COCCN2C2(C1)CN(C1CCC(F)(F)CC1)C2. The summed E-state index contributed by atoms with van der Waals surface area (Å²) in [6, 6.07) is 0.877. The smallest absolute Gasteiger partial charge is 0.248 e. The van der Waals surface area contributed by atoms with Crippen LogP contribution in [0, 0.1) is 0 Å². The second-order valence-electron chi connectivity index (χ2n) is 7.84. The lowest BCUT2D eigenvalue weighted by molar-refractivity contribution is -0.176. The molecule has 4 rings (SSSR count). The van der Waals surface area contributed by atoms with E-state index in [0.717, 1.165) is 45.9 Å². The molecule has 1 atom stereocenters. The fourth-order valence-electron chi connectivity index (χ4n) is 5.09. The van der Waals surface area contributed by atoms with Gasteiger partial charge in [0.15, 0.2) is 0 Å². The molecule has 3 heterocycles. The van der Waals surface area contributed by atoms with Gasteiger partial charge in [-0.2, -0.15) is 0 Å². The maximum absolute atomic E-state index is 13.3. The van der Waals surface area contributed by atoms with Crippen molar-refractivity contribution < 1.29 is 13.5 Å². The van der Waals surface area contributed by atoms with Crippen LogP contribution in [-0.4, -0.2) is 91.2 Å². The first kappa shape index (κ1) is 15.2. The van der Waals surface area contributed by atoms with E-state index in [-0.39, 0.29) is 18.4 Å². The zero-order valence-electron chi connectivity index (χ0n) is 13.4. The first-order chi connectivity index (χ1) is 10.5. The molecule has 4 fully saturated rings. The Labute approximate surface area is 131 Å². The lowest BCUT2D eigenvalue weighted by Gasteiger charge is -2.64. The van der Waals surface area contributed by atoms with Crippen LogP contribution in [0.1, 0.15) is 25.7 Å². The summed E-state index contributed by atoms with van der Waals surface area (Å²) in [4.78, 5) is 7.54. The molecule has 0 radical (unpaired) electrons. The van der Waals surface area contributed by atoms with E-state index in [9.17, 15) is 8.78 Å². The van der Waals surface area contributed by atoms with Crippen LogP contribution in [-0.2, 0) is 4.74 Å². The maximum Gasteiger partial charge on any atom is 0.248 e. The third-order valence-corrected chi connectivity index (χ3v) is 6.12. The average molecular weight is 315 g/mol. The number of morpholine rings is 1. The number of fused-ring (bicyclic) bond motifs is 2. The largest absolute Gasteiger partial charge is 0.378 e. The van der Waals surface area contributed by atoms with Gasteiger partial charge in [0.05, 0.1) is 18.8 Å². The number of hydrogen-bond donors (Lipinski definition) is 0. The highest BCUT2D eigenvalue weighted by molar-refractivity contribution is 5.12. The van der Waals surface area contributed by atoms with Crippen LogP contribution in [0.15, 0.2) is 0 Å². The van der Waals surface area contributed by atoms with Gasteiger partial charge in [-0.25, -0.2) is 8.78 Å². The van der Waals surface area contributed by atoms with Gasteiger partial charge >= 0.3 is 0 Å². The number of alkyl halides is 2. The lowest BCUT2D eigenvalue weighted by atomic mass is 9.79. The molecular weight excluding hydrogens is 288 g/mol. The third-order valence-electron chi connectivity index (χ3n) is 6.12. The van der Waals surface area contributed by atoms with Gasteiger partial charge in [-0.1, -0.05) is 0 Å². The zero-order chi connectivity index (χ0) is 15.4. The molecule has 4 aliphatic rings. The van der Waals surface area contributed by atoms with Crippen molar-refractivity contribution in [2.75, 3.05) is 53.0 Å². The molecule has 0 aromatic carbocycles. The van der Waals surface area contributed by atoms with Crippen LogP contribution in [0.3, 0.4) is 0 Å². The monoisotopic (exact) mass is 315 g/mol. The summed E-state index contributed by atoms with van der Waals surface area (Å²) >= 11 is 0. The first-order valence-corrected chi connectivity index (χ1v) is 8.62. The number of hydrogen-bond acceptors (Lipinski definition) is 4. The minimum atomic E-state index is -2.42. The van der Waals surface area contributed by atoms with Crippen molar-refractivity contribution in [3.05, 3.63) is 0 Å². The van der Waals surface area contributed by atoms with Crippen molar-refractivity contribution in [2.45, 2.75) is 49.2 Å². The predicted octanol–water partition coefficient (Wildman–Crippen LogP) is 1.26. The molecule has 1 spiro atoms. The van der Waals surface area contributed by atoms with E-state index < -0.39 is 5.92 Å². The van der Waals surface area contributed by atoms with Crippen molar-refractivity contribution in [1.82, 2.24) is 14.7 Å². The average Bonchev–Trinajstić information content (AvgIpc) is 2.44. The van der Waals surface area contributed by atoms with E-state index in [2.05, 4.69) is 21.7 Å². The molecule has 0 amide bonds. The minimum absolute atomic E-state index is 0.0707. The van der Waals surface area contributed by atoms with E-state index in [1.807, 2.05) is 0 Å². The normalized spacial score (nSPS) is 37.0. The van der Waals surface area contributed by atoms with Crippen molar-refractivity contribution >= 4 is 0 Å². The quantitative estimate of drug-likeness (QED) is 0.725. The summed E-state index contributed by atoms with van der Waals surface area (Å²) in [5, 5.41) is 0. The predicted molar refractivity (Wildman–Crippen MR) is 80.3 cm³/mol. The number of likely N-dealkylation sites (tertiary alicyclic amines) is 1. The molecule has 0 N–H and O–H groups in total. The highest BCUT2D eigenvalue weighted by Crippen LogP contribution is 2.41. The standard InChI is InChI=1S/C16H27F2N3O/c1-19-8-14-9-22-7-6-21(14)15(10-19)11-20(12-15)13-2-4-16(17,18)5-3-13/h13-14H,2-12H2,1H3/t14-/m1/s1. The molecule has 1 saturated carbocycles. The van der Waals surface area contributed by atoms with Crippen LogP contribution in [0.2, 0.25) is 0 Å². The summed E-state index contributed by atoms with van der Waals surface area (Å²) in [5.41, 5.74) is 0.238. The molecule has 3 aliphatic heterocycles. The Morgan fingerprint density at radius 3 is 2.50 bits per heavy atom. The lowest BCUT2D eigenvalue weighted by Crippen LogP contribution is -2.81. The van der Waals surface area contributed by atoms with Gasteiger partial charge in [0.25, 0.3) is 0 Å². The van der Waals surface area contributed by atoms with Crippen LogP contribution in [0.5, 0.6) is 0 Å². The van der Waals surface area contributed by atoms with E-state index in [0.29, 0.717) is 24.9 Å². The Morgan fingerprint density at radius 2 is 1.77 bits per heavy atom. The van der Waals surface area contributed by atoms with Crippen molar-refractivity contribution in [2.24, 2.45) is 0 Å². The highest BCUT2D eigenvalue weighted by Gasteiger charge is 2.55. The molecule has 126 valence electrons. The molecule has 0 unspecified atom stereocenters. The highest BCUT2D eigenvalue weighted by atomic mass is 19.3. The Morgan fingerprint density at radius 1 is 1.05 bits per heavy atom. The molecule has 1 aliphatic carbocycles. The van der Waals surface area contributed by atoms with Crippen LogP contribution >= 0.6 is 0 Å². The molecule has 0 aromatic heterocycles. The molecule has 22 heavy (non-hydrogen) atoms. The van der Waals surface area contributed by atoms with Crippen LogP contribution in [0.25, 0.3) is 0 Å². The number of halogens is 2. The molecule has 0 bridgehead atoms. The number of likely N-dealkylation sites (N-methyl/N-ethyl adjacent to an activating group) is 1. The van der Waals surface area contributed by atoms with Gasteiger partial charge in [-0.15, -0.1) is 0 Å². The maximum atomic E-state index is 13.3. The van der Waals surface area contributed by atoms with Gasteiger partial charge in [0.2, 0.25) is 5.92 Å². The van der Waals surface area contributed by atoms with Crippen molar-refractivity contribution in [3.63, 3.8) is 0 Å². The topological polar surface area (TPSA) is 19.0 Å². The van der Waals surface area contributed by atoms with Gasteiger partial charge in [0, 0.05) is 57.6 Å². The van der Waals surface area contributed by atoms with Gasteiger partial charge < -0.3 is 9.64 Å². The molecule has 6 heteroatoms. The third kappa shape index (κ3) is 2.58. The second kappa shape index (κ2) is 5.36. The Hall–Kier alpha value is -0.300.